The molecular weight excluding hydrogens is 340 g/mol. The van der Waals surface area contributed by atoms with Crippen LogP contribution < -0.4 is 4.90 Å². The highest BCUT2D eigenvalue weighted by Gasteiger charge is 2.39. The molecule has 3 rings (SSSR count). The Morgan fingerprint density at radius 1 is 1.11 bits per heavy atom. The van der Waals surface area contributed by atoms with Crippen molar-refractivity contribution >= 4 is 23.8 Å². The van der Waals surface area contributed by atoms with Crippen molar-refractivity contribution in [2.24, 2.45) is 4.99 Å². The van der Waals surface area contributed by atoms with Crippen LogP contribution in [0.5, 0.6) is 0 Å². The average Bonchev–Trinajstić information content (AvgIpc) is 2.71. The molecule has 1 aliphatic heterocycles. The third-order valence-corrected chi connectivity index (χ3v) is 4.79. The zero-order valence-corrected chi connectivity index (χ0v) is 15.7. The monoisotopic (exact) mass is 364 g/mol. The van der Waals surface area contributed by atoms with Crippen molar-refractivity contribution in [3.63, 3.8) is 0 Å². The van der Waals surface area contributed by atoms with Gasteiger partial charge in [-0.05, 0) is 36.9 Å². The number of anilines is 1. The summed E-state index contributed by atoms with van der Waals surface area (Å²) in [6.07, 6.45) is 3.25. The molecular formula is C21H24N4O2. The van der Waals surface area contributed by atoms with E-state index in [0.29, 0.717) is 23.5 Å². The third kappa shape index (κ3) is 3.95. The van der Waals surface area contributed by atoms with Crippen LogP contribution in [0.15, 0.2) is 53.7 Å². The van der Waals surface area contributed by atoms with Gasteiger partial charge < -0.3 is 4.90 Å². The lowest BCUT2D eigenvalue weighted by Gasteiger charge is -2.30. The number of carbonyl (C=O) groups is 2. The minimum Gasteiger partial charge on any atom is -0.302 e. The summed E-state index contributed by atoms with van der Waals surface area (Å²) in [6, 6.07) is 12.4. The normalized spacial score (nSPS) is 17.0. The summed E-state index contributed by atoms with van der Waals surface area (Å²) in [5.41, 5.74) is 1.22. The highest BCUT2D eigenvalue weighted by molar-refractivity contribution is 6.28. The summed E-state index contributed by atoms with van der Waals surface area (Å²) in [7, 11) is 0. The van der Waals surface area contributed by atoms with Crippen LogP contribution in [0.25, 0.3) is 0 Å². The van der Waals surface area contributed by atoms with Crippen molar-refractivity contribution in [2.75, 3.05) is 31.1 Å². The van der Waals surface area contributed by atoms with Crippen LogP contribution in [0.2, 0.25) is 0 Å². The second-order valence-corrected chi connectivity index (χ2v) is 6.31. The SMILES string of the molecule is CCN(CC)CCN=CC1C(=O)N(c2ccccn2)C(=O)c2ccccc21. The van der Waals surface area contributed by atoms with Crippen LogP contribution in [-0.4, -0.2) is 54.1 Å². The number of hydrogen-bond donors (Lipinski definition) is 0. The highest BCUT2D eigenvalue weighted by atomic mass is 16.2. The van der Waals surface area contributed by atoms with Gasteiger partial charge in [0, 0.05) is 24.5 Å². The predicted octanol–water partition coefficient (Wildman–Crippen LogP) is 2.76. The maximum atomic E-state index is 13.1. The lowest BCUT2D eigenvalue weighted by Crippen LogP contribution is -2.46. The molecule has 0 fully saturated rings. The molecule has 6 heteroatoms. The van der Waals surface area contributed by atoms with Crippen molar-refractivity contribution in [3.05, 3.63) is 59.8 Å². The van der Waals surface area contributed by atoms with Crippen LogP contribution in [0.4, 0.5) is 5.82 Å². The van der Waals surface area contributed by atoms with Crippen LogP contribution in [0.3, 0.4) is 0 Å². The van der Waals surface area contributed by atoms with E-state index in [4.69, 9.17) is 0 Å². The number of pyridine rings is 1. The average molecular weight is 364 g/mol. The first-order valence-electron chi connectivity index (χ1n) is 9.27. The smallest absolute Gasteiger partial charge is 0.266 e. The standard InChI is InChI=1S/C21H24N4O2/c1-3-24(4-2)14-13-22-15-18-16-9-5-6-10-17(16)20(26)25(21(18)27)19-11-7-8-12-23-19/h5-12,15,18H,3-4,13-14H2,1-2H3. The first-order chi connectivity index (χ1) is 13.2. The zero-order valence-electron chi connectivity index (χ0n) is 15.7. The Balaban J connectivity index is 1.89. The number of amides is 2. The molecule has 2 heterocycles. The summed E-state index contributed by atoms with van der Waals surface area (Å²) in [5.74, 6) is -0.910. The molecule has 27 heavy (non-hydrogen) atoms. The number of aliphatic imine (C=N–C) groups is 1. The Bertz CT molecular complexity index is 831. The lowest BCUT2D eigenvalue weighted by molar-refractivity contribution is -0.118. The number of imide groups is 1. The van der Waals surface area contributed by atoms with E-state index in [1.807, 2.05) is 12.1 Å². The Morgan fingerprint density at radius 3 is 2.56 bits per heavy atom. The molecule has 2 amide bonds. The molecule has 1 aliphatic rings. The maximum absolute atomic E-state index is 13.1. The van der Waals surface area contributed by atoms with Crippen molar-refractivity contribution in [1.29, 1.82) is 0 Å². The minimum absolute atomic E-state index is 0.316. The number of fused-ring (bicyclic) bond motifs is 1. The van der Waals surface area contributed by atoms with Gasteiger partial charge in [0.1, 0.15) is 5.82 Å². The van der Waals surface area contributed by atoms with E-state index in [2.05, 4.69) is 28.7 Å². The van der Waals surface area contributed by atoms with Crippen molar-refractivity contribution in [2.45, 2.75) is 19.8 Å². The van der Waals surface area contributed by atoms with E-state index in [-0.39, 0.29) is 11.8 Å². The van der Waals surface area contributed by atoms with E-state index >= 15 is 0 Å². The van der Waals surface area contributed by atoms with Crippen LogP contribution >= 0.6 is 0 Å². The van der Waals surface area contributed by atoms with E-state index in [1.165, 1.54) is 0 Å². The zero-order chi connectivity index (χ0) is 19.2. The largest absolute Gasteiger partial charge is 0.302 e. The molecule has 1 unspecified atom stereocenters. The van der Waals surface area contributed by atoms with Gasteiger partial charge in [-0.15, -0.1) is 0 Å². The fraction of sp³-hybridized carbons (Fsp3) is 0.333. The van der Waals surface area contributed by atoms with Gasteiger partial charge >= 0.3 is 0 Å². The number of aromatic nitrogens is 1. The second-order valence-electron chi connectivity index (χ2n) is 6.31. The third-order valence-electron chi connectivity index (χ3n) is 4.79. The summed E-state index contributed by atoms with van der Waals surface area (Å²) in [6.45, 7) is 7.63. The molecule has 2 aromatic rings. The number of nitrogens with zero attached hydrogens (tertiary/aromatic N) is 4. The van der Waals surface area contributed by atoms with Crippen molar-refractivity contribution in [1.82, 2.24) is 9.88 Å². The Hall–Kier alpha value is -2.86. The molecule has 0 spiro atoms. The quantitative estimate of drug-likeness (QED) is 0.560. The topological polar surface area (TPSA) is 65.9 Å². The first kappa shape index (κ1) is 18.9. The van der Waals surface area contributed by atoms with Crippen LogP contribution in [0, 0.1) is 0 Å². The van der Waals surface area contributed by atoms with E-state index in [1.54, 1.807) is 42.7 Å². The molecule has 6 nitrogen and oxygen atoms in total. The predicted molar refractivity (Wildman–Crippen MR) is 106 cm³/mol. The summed E-state index contributed by atoms with van der Waals surface area (Å²) >= 11 is 0. The molecule has 0 radical (unpaired) electrons. The second kappa shape index (κ2) is 8.68. The number of benzene rings is 1. The van der Waals surface area contributed by atoms with Gasteiger partial charge in [-0.3, -0.25) is 14.6 Å². The fourth-order valence-electron chi connectivity index (χ4n) is 3.22. The summed E-state index contributed by atoms with van der Waals surface area (Å²) < 4.78 is 0. The van der Waals surface area contributed by atoms with Gasteiger partial charge in [0.25, 0.3) is 5.91 Å². The molecule has 1 aromatic heterocycles. The van der Waals surface area contributed by atoms with Crippen LogP contribution in [-0.2, 0) is 4.79 Å². The fourth-order valence-corrected chi connectivity index (χ4v) is 3.22. The van der Waals surface area contributed by atoms with Crippen LogP contribution in [0.1, 0.15) is 35.7 Å². The van der Waals surface area contributed by atoms with Gasteiger partial charge in [0.2, 0.25) is 5.91 Å². The first-order valence-corrected chi connectivity index (χ1v) is 9.27. The number of rotatable bonds is 7. The van der Waals surface area contributed by atoms with Gasteiger partial charge in [-0.2, -0.15) is 0 Å². The van der Waals surface area contributed by atoms with Gasteiger partial charge in [0.15, 0.2) is 0 Å². The Kier molecular flexibility index (Phi) is 6.08. The summed E-state index contributed by atoms with van der Waals surface area (Å²) in [5, 5.41) is 0. The van der Waals surface area contributed by atoms with Crippen molar-refractivity contribution in [3.8, 4) is 0 Å². The molecule has 1 atom stereocenters. The number of carbonyl (C=O) groups excluding carboxylic acids is 2. The number of hydrogen-bond acceptors (Lipinski definition) is 5. The molecule has 0 saturated heterocycles. The molecule has 140 valence electrons. The van der Waals surface area contributed by atoms with E-state index in [9.17, 15) is 9.59 Å². The molecule has 0 saturated carbocycles. The molecule has 0 bridgehead atoms. The molecule has 1 aromatic carbocycles. The Labute approximate surface area is 159 Å². The molecule has 0 aliphatic carbocycles. The minimum atomic E-state index is -0.586. The number of likely N-dealkylation sites (N-methyl/N-ethyl adjacent to an activating group) is 1. The Morgan fingerprint density at radius 2 is 1.85 bits per heavy atom. The maximum Gasteiger partial charge on any atom is 0.266 e. The molecule has 0 N–H and O–H groups in total. The lowest BCUT2D eigenvalue weighted by atomic mass is 9.89. The van der Waals surface area contributed by atoms with Gasteiger partial charge in [0.05, 0.1) is 12.5 Å². The van der Waals surface area contributed by atoms with E-state index < -0.39 is 5.92 Å². The highest BCUT2D eigenvalue weighted by Crippen LogP contribution is 2.30. The van der Waals surface area contributed by atoms with Gasteiger partial charge in [-0.1, -0.05) is 38.1 Å². The summed E-state index contributed by atoms with van der Waals surface area (Å²) in [4.78, 5) is 38.1. The van der Waals surface area contributed by atoms with E-state index in [0.717, 1.165) is 24.5 Å². The van der Waals surface area contributed by atoms with Crippen molar-refractivity contribution < 1.29 is 9.59 Å². The van der Waals surface area contributed by atoms with Gasteiger partial charge in [-0.25, -0.2) is 9.88 Å².